The molecule has 0 atom stereocenters. The van der Waals surface area contributed by atoms with Crippen molar-refractivity contribution in [2.24, 2.45) is 0 Å². The fraction of sp³-hybridized carbons (Fsp3) is 0.125. The Morgan fingerprint density at radius 2 is 1.65 bits per heavy atom. The summed E-state index contributed by atoms with van der Waals surface area (Å²) in [6.45, 7) is 2.12. The van der Waals surface area contributed by atoms with E-state index in [-0.39, 0.29) is 0 Å². The first kappa shape index (κ1) is 10.8. The topological polar surface area (TPSA) is 0 Å². The molecule has 0 bridgehead atoms. The number of hydrogen-bond acceptors (Lipinski definition) is 0. The van der Waals surface area contributed by atoms with E-state index in [2.05, 4.69) is 71.4 Å². The van der Waals surface area contributed by atoms with Gasteiger partial charge in [0.05, 0.1) is 0 Å². The Labute approximate surface area is 110 Å². The molecule has 1 aliphatic rings. The third-order valence-electron chi connectivity index (χ3n) is 3.24. The largest absolute Gasteiger partial charge is 0.0619 e. The summed E-state index contributed by atoms with van der Waals surface area (Å²) in [5.41, 5.74) is 6.72. The Hall–Kier alpha value is -1.34. The van der Waals surface area contributed by atoms with E-state index < -0.39 is 0 Å². The van der Waals surface area contributed by atoms with E-state index in [4.69, 9.17) is 0 Å². The molecule has 0 spiro atoms. The Kier molecular flexibility index (Phi) is 2.64. The molecule has 0 saturated heterocycles. The average molecular weight is 285 g/mol. The first-order chi connectivity index (χ1) is 8.25. The van der Waals surface area contributed by atoms with Crippen molar-refractivity contribution in [3.05, 3.63) is 75.3 Å². The molecule has 1 aliphatic carbocycles. The molecule has 0 radical (unpaired) electrons. The van der Waals surface area contributed by atoms with Crippen molar-refractivity contribution < 1.29 is 0 Å². The Balaban J connectivity index is 2.15. The van der Waals surface area contributed by atoms with E-state index in [1.807, 2.05) is 0 Å². The van der Waals surface area contributed by atoms with Crippen molar-refractivity contribution in [3.8, 4) is 0 Å². The van der Waals surface area contributed by atoms with Gasteiger partial charge in [0, 0.05) is 10.9 Å². The second-order valence-corrected chi connectivity index (χ2v) is 5.44. The number of rotatable bonds is 1. The van der Waals surface area contributed by atoms with Gasteiger partial charge in [0.1, 0.15) is 0 Å². The highest BCUT2D eigenvalue weighted by atomic mass is 79.9. The molecule has 1 heteroatoms. The zero-order valence-corrected chi connectivity index (χ0v) is 11.3. The summed E-state index contributed by atoms with van der Waals surface area (Å²) in [6, 6.07) is 17.4. The van der Waals surface area contributed by atoms with Gasteiger partial charge in [-0.25, -0.2) is 0 Å². The van der Waals surface area contributed by atoms with Crippen LogP contribution < -0.4 is 0 Å². The van der Waals surface area contributed by atoms with Gasteiger partial charge in [-0.15, -0.1) is 0 Å². The Morgan fingerprint density at radius 3 is 2.41 bits per heavy atom. The molecule has 0 aromatic heterocycles. The van der Waals surface area contributed by atoms with Crippen molar-refractivity contribution in [2.75, 3.05) is 0 Å². The van der Waals surface area contributed by atoms with Crippen LogP contribution in [0.5, 0.6) is 0 Å². The molecule has 17 heavy (non-hydrogen) atoms. The van der Waals surface area contributed by atoms with Crippen LogP contribution >= 0.6 is 15.9 Å². The molecule has 3 rings (SSSR count). The van der Waals surface area contributed by atoms with Crippen LogP contribution in [0.1, 0.15) is 22.3 Å². The van der Waals surface area contributed by atoms with Crippen molar-refractivity contribution in [1.29, 1.82) is 0 Å². The third-order valence-corrected chi connectivity index (χ3v) is 3.92. The minimum atomic E-state index is 1.01. The molecular weight excluding hydrogens is 272 g/mol. The molecule has 0 amide bonds. The van der Waals surface area contributed by atoms with Gasteiger partial charge in [-0.05, 0) is 29.2 Å². The number of benzene rings is 2. The van der Waals surface area contributed by atoms with Gasteiger partial charge in [-0.3, -0.25) is 0 Å². The molecular formula is C16H13Br. The van der Waals surface area contributed by atoms with E-state index in [0.717, 1.165) is 6.42 Å². The van der Waals surface area contributed by atoms with Gasteiger partial charge in [0.25, 0.3) is 0 Å². The van der Waals surface area contributed by atoms with Crippen molar-refractivity contribution in [1.82, 2.24) is 0 Å². The number of hydrogen-bond donors (Lipinski definition) is 0. The summed E-state index contributed by atoms with van der Waals surface area (Å²) in [5, 5.41) is 0. The van der Waals surface area contributed by atoms with Gasteiger partial charge in [-0.1, -0.05) is 70.0 Å². The lowest BCUT2D eigenvalue weighted by Crippen LogP contribution is -1.86. The fourth-order valence-electron chi connectivity index (χ4n) is 2.35. The highest BCUT2D eigenvalue weighted by Gasteiger charge is 2.20. The van der Waals surface area contributed by atoms with Gasteiger partial charge in [-0.2, -0.15) is 0 Å². The second kappa shape index (κ2) is 4.15. The zero-order valence-electron chi connectivity index (χ0n) is 9.70. The lowest BCUT2D eigenvalue weighted by Gasteiger charge is -2.06. The summed E-state index contributed by atoms with van der Waals surface area (Å²) >= 11 is 3.72. The summed E-state index contributed by atoms with van der Waals surface area (Å²) < 4.78 is 1.29. The SMILES string of the molecule is Cc1ccc(C2=C(Br)Cc3ccccc32)cc1. The van der Waals surface area contributed by atoms with Crippen LogP contribution in [0, 0.1) is 6.92 Å². The molecule has 84 valence electrons. The van der Waals surface area contributed by atoms with Crippen LogP contribution in [0.25, 0.3) is 5.57 Å². The summed E-state index contributed by atoms with van der Waals surface area (Å²) in [5.74, 6) is 0. The first-order valence-corrected chi connectivity index (χ1v) is 6.59. The van der Waals surface area contributed by atoms with Crippen molar-refractivity contribution in [2.45, 2.75) is 13.3 Å². The predicted octanol–water partition coefficient (Wildman–Crippen LogP) is 4.71. The number of halogens is 1. The maximum atomic E-state index is 3.72. The van der Waals surface area contributed by atoms with Gasteiger partial charge >= 0.3 is 0 Å². The lowest BCUT2D eigenvalue weighted by atomic mass is 9.98. The molecule has 0 nitrogen and oxygen atoms in total. The molecule has 0 fully saturated rings. The van der Waals surface area contributed by atoms with Gasteiger partial charge < -0.3 is 0 Å². The van der Waals surface area contributed by atoms with E-state index >= 15 is 0 Å². The highest BCUT2D eigenvalue weighted by Crippen LogP contribution is 2.39. The number of allylic oxidation sites excluding steroid dienone is 1. The van der Waals surface area contributed by atoms with E-state index in [9.17, 15) is 0 Å². The van der Waals surface area contributed by atoms with Crippen LogP contribution in [-0.4, -0.2) is 0 Å². The summed E-state index contributed by atoms with van der Waals surface area (Å²) in [4.78, 5) is 0. The van der Waals surface area contributed by atoms with Gasteiger partial charge in [0.15, 0.2) is 0 Å². The molecule has 0 N–H and O–H groups in total. The van der Waals surface area contributed by atoms with E-state index in [1.165, 1.54) is 32.3 Å². The van der Waals surface area contributed by atoms with E-state index in [1.54, 1.807) is 0 Å². The molecule has 0 heterocycles. The van der Waals surface area contributed by atoms with Crippen LogP contribution in [0.15, 0.2) is 53.0 Å². The first-order valence-electron chi connectivity index (χ1n) is 5.79. The number of fused-ring (bicyclic) bond motifs is 1. The van der Waals surface area contributed by atoms with Crippen LogP contribution in [0.2, 0.25) is 0 Å². The highest BCUT2D eigenvalue weighted by molar-refractivity contribution is 9.11. The van der Waals surface area contributed by atoms with Gasteiger partial charge in [0.2, 0.25) is 0 Å². The van der Waals surface area contributed by atoms with Crippen LogP contribution in [-0.2, 0) is 6.42 Å². The lowest BCUT2D eigenvalue weighted by molar-refractivity contribution is 1.30. The molecule has 0 saturated carbocycles. The molecule has 0 aliphatic heterocycles. The maximum absolute atomic E-state index is 3.72. The fourth-order valence-corrected chi connectivity index (χ4v) is 3.10. The predicted molar refractivity (Wildman–Crippen MR) is 76.3 cm³/mol. The van der Waals surface area contributed by atoms with Crippen LogP contribution in [0.3, 0.4) is 0 Å². The Bertz CT molecular complexity index is 591. The smallest absolute Gasteiger partial charge is 0.00792 e. The zero-order chi connectivity index (χ0) is 11.8. The summed E-state index contributed by atoms with van der Waals surface area (Å²) in [7, 11) is 0. The molecule has 2 aromatic rings. The van der Waals surface area contributed by atoms with Crippen LogP contribution in [0.4, 0.5) is 0 Å². The second-order valence-electron chi connectivity index (χ2n) is 4.48. The molecule has 2 aromatic carbocycles. The standard InChI is InChI=1S/C16H13Br/c1-11-6-8-12(9-7-11)16-14-5-3-2-4-13(14)10-15(16)17/h2-9H,10H2,1H3. The third kappa shape index (κ3) is 1.85. The van der Waals surface area contributed by atoms with Crippen molar-refractivity contribution >= 4 is 21.5 Å². The maximum Gasteiger partial charge on any atom is 0.00792 e. The Morgan fingerprint density at radius 1 is 0.941 bits per heavy atom. The monoisotopic (exact) mass is 284 g/mol. The quantitative estimate of drug-likeness (QED) is 0.712. The summed E-state index contributed by atoms with van der Waals surface area (Å²) in [6.07, 6.45) is 1.01. The van der Waals surface area contributed by atoms with Crippen molar-refractivity contribution in [3.63, 3.8) is 0 Å². The average Bonchev–Trinajstić information content (AvgIpc) is 2.66. The number of aryl methyl sites for hydroxylation is 1. The minimum absolute atomic E-state index is 1.01. The normalized spacial score (nSPS) is 14.0. The van der Waals surface area contributed by atoms with E-state index in [0.29, 0.717) is 0 Å². The molecule has 0 unspecified atom stereocenters. The minimum Gasteiger partial charge on any atom is -0.0619 e.